The zero-order valence-electron chi connectivity index (χ0n) is 15.7. The van der Waals surface area contributed by atoms with Crippen LogP contribution in [0.2, 0.25) is 0 Å². The van der Waals surface area contributed by atoms with Gasteiger partial charge in [0.2, 0.25) is 5.91 Å². The van der Waals surface area contributed by atoms with Gasteiger partial charge in [-0.2, -0.15) is 0 Å². The molecule has 4 aliphatic carbocycles. The number of nitrogens with one attached hydrogen (secondary N) is 1. The fraction of sp³-hybridized carbons (Fsp3) is 0.522. The highest BCUT2D eigenvalue weighted by Crippen LogP contribution is 2.55. The van der Waals surface area contributed by atoms with Crippen LogP contribution in [0, 0.1) is 17.8 Å². The zero-order chi connectivity index (χ0) is 18.6. The van der Waals surface area contributed by atoms with E-state index < -0.39 is 0 Å². The fourth-order valence-corrected chi connectivity index (χ4v) is 6.91. The highest BCUT2D eigenvalue weighted by atomic mass is 79.9. The van der Waals surface area contributed by atoms with Crippen molar-refractivity contribution in [1.82, 2.24) is 9.88 Å². The second-order valence-electron chi connectivity index (χ2n) is 9.18. The zero-order valence-corrected chi connectivity index (χ0v) is 17.3. The lowest BCUT2D eigenvalue weighted by Gasteiger charge is -2.56. The highest BCUT2D eigenvalue weighted by molar-refractivity contribution is 9.10. The van der Waals surface area contributed by atoms with Crippen LogP contribution < -0.4 is 5.32 Å². The number of rotatable bonds is 5. The fourth-order valence-electron chi connectivity index (χ4n) is 6.55. The molecule has 1 aromatic heterocycles. The molecule has 4 bridgehead atoms. The molecule has 1 aromatic carbocycles. The molecule has 4 saturated carbocycles. The Labute approximate surface area is 169 Å². The predicted octanol–water partition coefficient (Wildman–Crippen LogP) is 5.22. The van der Waals surface area contributed by atoms with Gasteiger partial charge in [0.1, 0.15) is 0 Å². The topological polar surface area (TPSA) is 34.0 Å². The van der Waals surface area contributed by atoms with Crippen LogP contribution in [0.25, 0.3) is 10.9 Å². The normalized spacial score (nSPS) is 31.4. The summed E-state index contributed by atoms with van der Waals surface area (Å²) in [5.74, 6) is 2.74. The summed E-state index contributed by atoms with van der Waals surface area (Å²) in [5, 5.41) is 4.67. The average molecular weight is 427 g/mol. The smallest absolute Gasteiger partial charge is 0.224 e. The van der Waals surface area contributed by atoms with Crippen molar-refractivity contribution in [2.24, 2.45) is 17.8 Å². The molecule has 1 N–H and O–H groups in total. The molecule has 1 amide bonds. The molecule has 27 heavy (non-hydrogen) atoms. The molecule has 4 aliphatic rings. The second-order valence-corrected chi connectivity index (χ2v) is 10.1. The number of nitrogens with zero attached hydrogens (tertiary/aromatic N) is 1. The van der Waals surface area contributed by atoms with Crippen molar-refractivity contribution in [2.75, 3.05) is 0 Å². The first kappa shape index (κ1) is 17.5. The molecule has 0 spiro atoms. The number of carbonyl (C=O) groups excluding carboxylic acids is 1. The maximum atomic E-state index is 13.0. The van der Waals surface area contributed by atoms with Crippen molar-refractivity contribution in [2.45, 2.75) is 57.0 Å². The minimum absolute atomic E-state index is 0.0892. The van der Waals surface area contributed by atoms with Crippen LogP contribution in [0.3, 0.4) is 0 Å². The van der Waals surface area contributed by atoms with Gasteiger partial charge in [-0.1, -0.05) is 22.0 Å². The monoisotopic (exact) mass is 426 g/mol. The first-order chi connectivity index (χ1) is 13.0. The van der Waals surface area contributed by atoms with Gasteiger partial charge in [-0.3, -0.25) is 4.79 Å². The van der Waals surface area contributed by atoms with Crippen LogP contribution in [-0.2, 0) is 17.8 Å². The van der Waals surface area contributed by atoms with Crippen LogP contribution in [0.4, 0.5) is 0 Å². The largest absolute Gasteiger partial charge is 0.350 e. The van der Waals surface area contributed by atoms with E-state index in [-0.39, 0.29) is 11.4 Å². The molecule has 6 rings (SSSR count). The Kier molecular flexibility index (Phi) is 4.23. The van der Waals surface area contributed by atoms with E-state index in [1.165, 1.54) is 38.5 Å². The summed E-state index contributed by atoms with van der Waals surface area (Å²) in [5.41, 5.74) is 2.36. The second kappa shape index (κ2) is 6.51. The lowest BCUT2D eigenvalue weighted by molar-refractivity contribution is -0.126. The van der Waals surface area contributed by atoms with Crippen LogP contribution >= 0.6 is 15.9 Å². The van der Waals surface area contributed by atoms with Crippen LogP contribution in [0.5, 0.6) is 0 Å². The molecule has 142 valence electrons. The molecule has 0 unspecified atom stereocenters. The maximum Gasteiger partial charge on any atom is 0.224 e. The number of hydrogen-bond acceptors (Lipinski definition) is 1. The Bertz CT molecular complexity index is 877. The molecular formula is C23H27BrN2O. The van der Waals surface area contributed by atoms with E-state index in [0.717, 1.165) is 45.2 Å². The number of aromatic nitrogens is 1. The van der Waals surface area contributed by atoms with Crippen molar-refractivity contribution in [3.63, 3.8) is 0 Å². The number of fused-ring (bicyclic) bond motifs is 1. The van der Waals surface area contributed by atoms with E-state index in [2.05, 4.69) is 56.8 Å². The number of amides is 1. The summed E-state index contributed by atoms with van der Waals surface area (Å²) in [4.78, 5) is 13.0. The number of carbonyl (C=O) groups is 1. The van der Waals surface area contributed by atoms with Crippen molar-refractivity contribution >= 4 is 32.7 Å². The van der Waals surface area contributed by atoms with Crippen LogP contribution in [-0.4, -0.2) is 16.0 Å². The quantitative estimate of drug-likeness (QED) is 0.653. The SMILES string of the molecule is C=CCn1cc(CC(=O)NC23CC4CC(CC(C4)C2)C3)c2cc(Br)ccc21. The number of allylic oxidation sites excluding steroid dienone is 1. The molecule has 3 nitrogen and oxygen atoms in total. The summed E-state index contributed by atoms with van der Waals surface area (Å²) < 4.78 is 3.23. The number of benzene rings is 1. The summed E-state index contributed by atoms with van der Waals surface area (Å²) in [6.07, 6.45) is 12.3. The van der Waals surface area contributed by atoms with Gasteiger partial charge in [0.25, 0.3) is 0 Å². The predicted molar refractivity (Wildman–Crippen MR) is 113 cm³/mol. The Morgan fingerprint density at radius 3 is 2.52 bits per heavy atom. The summed E-state index contributed by atoms with van der Waals surface area (Å²) in [6.45, 7) is 4.62. The van der Waals surface area contributed by atoms with Crippen LogP contribution in [0.15, 0.2) is 41.5 Å². The summed E-state index contributed by atoms with van der Waals surface area (Å²) >= 11 is 3.58. The Morgan fingerprint density at radius 2 is 1.89 bits per heavy atom. The number of hydrogen-bond donors (Lipinski definition) is 1. The van der Waals surface area contributed by atoms with Gasteiger partial charge in [0.05, 0.1) is 6.42 Å². The van der Waals surface area contributed by atoms with Gasteiger partial charge < -0.3 is 9.88 Å². The van der Waals surface area contributed by atoms with Crippen molar-refractivity contribution in [3.05, 3.63) is 47.1 Å². The van der Waals surface area contributed by atoms with Gasteiger partial charge in [0.15, 0.2) is 0 Å². The molecule has 4 fully saturated rings. The lowest BCUT2D eigenvalue weighted by atomic mass is 9.53. The Balaban J connectivity index is 1.38. The number of halogens is 1. The van der Waals surface area contributed by atoms with E-state index in [0.29, 0.717) is 6.42 Å². The molecule has 0 saturated heterocycles. The van der Waals surface area contributed by atoms with Crippen molar-refractivity contribution in [3.8, 4) is 0 Å². The molecule has 0 atom stereocenters. The maximum absolute atomic E-state index is 13.0. The summed E-state index contributed by atoms with van der Waals surface area (Å²) in [6, 6.07) is 6.30. The summed E-state index contributed by atoms with van der Waals surface area (Å²) in [7, 11) is 0. The van der Waals surface area contributed by atoms with Crippen molar-refractivity contribution < 1.29 is 4.79 Å². The molecule has 4 heteroatoms. The standard InChI is InChI=1S/C23H27BrN2O/c1-2-5-26-14-18(20-10-19(24)3-4-21(20)26)9-22(27)25-23-11-15-6-16(12-23)8-17(7-15)13-23/h2-4,10,14-17H,1,5-9,11-13H2,(H,25,27). The molecule has 0 aliphatic heterocycles. The van der Waals surface area contributed by atoms with E-state index in [1.54, 1.807) is 0 Å². The van der Waals surface area contributed by atoms with E-state index in [4.69, 9.17) is 0 Å². The Hall–Kier alpha value is -1.55. The highest BCUT2D eigenvalue weighted by Gasteiger charge is 2.51. The first-order valence-electron chi connectivity index (χ1n) is 10.2. The van der Waals surface area contributed by atoms with Gasteiger partial charge in [0, 0.05) is 33.7 Å². The van der Waals surface area contributed by atoms with Crippen molar-refractivity contribution in [1.29, 1.82) is 0 Å². The molecule has 1 heterocycles. The first-order valence-corrected chi connectivity index (χ1v) is 11.0. The van der Waals surface area contributed by atoms with E-state index in [1.807, 2.05) is 6.08 Å². The molecule has 0 radical (unpaired) electrons. The van der Waals surface area contributed by atoms with Gasteiger partial charge in [-0.05, 0) is 80.0 Å². The third-order valence-electron chi connectivity index (χ3n) is 7.05. The van der Waals surface area contributed by atoms with Gasteiger partial charge >= 0.3 is 0 Å². The Morgan fingerprint density at radius 1 is 1.22 bits per heavy atom. The van der Waals surface area contributed by atoms with Gasteiger partial charge in [-0.25, -0.2) is 0 Å². The lowest BCUT2D eigenvalue weighted by Crippen LogP contribution is -2.60. The van der Waals surface area contributed by atoms with E-state index in [9.17, 15) is 4.79 Å². The molecule has 2 aromatic rings. The van der Waals surface area contributed by atoms with Crippen LogP contribution in [0.1, 0.15) is 44.1 Å². The minimum Gasteiger partial charge on any atom is -0.350 e. The minimum atomic E-state index is 0.0892. The van der Waals surface area contributed by atoms with E-state index >= 15 is 0 Å². The third kappa shape index (κ3) is 3.16. The third-order valence-corrected chi connectivity index (χ3v) is 7.54. The van der Waals surface area contributed by atoms with Gasteiger partial charge in [-0.15, -0.1) is 6.58 Å². The molecular weight excluding hydrogens is 400 g/mol. The average Bonchev–Trinajstić information content (AvgIpc) is 2.90.